The fraction of sp³-hybridized carbons (Fsp3) is 0.857. The molecule has 2 nitrogen and oxygen atoms in total. The van der Waals surface area contributed by atoms with Crippen molar-refractivity contribution in [3.63, 3.8) is 0 Å². The van der Waals surface area contributed by atoms with Crippen LogP contribution in [0.15, 0.2) is 5.16 Å². The molecule has 0 radical (unpaired) electrons. The third-order valence-corrected chi connectivity index (χ3v) is 2.02. The zero-order chi connectivity index (χ0) is 6.69. The Kier molecular flexibility index (Phi) is 2.09. The molecule has 0 heterocycles. The fourth-order valence-electron chi connectivity index (χ4n) is 1.32. The Morgan fingerprint density at radius 1 is 1.56 bits per heavy atom. The minimum Gasteiger partial charge on any atom is -0.411 e. The average Bonchev–Trinajstić information content (AvgIpc) is 1.89. The van der Waals surface area contributed by atoms with Crippen LogP contribution in [0, 0.1) is 5.92 Å². The molecule has 0 aromatic rings. The molecule has 1 aliphatic rings. The smallest absolute Gasteiger partial charge is 0.0598 e. The van der Waals surface area contributed by atoms with E-state index >= 15 is 0 Å². The molecule has 1 rings (SSSR count). The van der Waals surface area contributed by atoms with E-state index in [0.29, 0.717) is 5.92 Å². The van der Waals surface area contributed by atoms with Gasteiger partial charge in [0.05, 0.1) is 5.71 Å². The van der Waals surface area contributed by atoms with Crippen LogP contribution in [0.1, 0.15) is 32.6 Å². The van der Waals surface area contributed by atoms with Gasteiger partial charge in [0.25, 0.3) is 0 Å². The standard InChI is InChI=1S/C7H13NO/c1-6-4-2-3-5-7(6)8-9/h6,9H,2-5H2,1H3/b8-7+/t6-/m1/s1. The second-order valence-corrected chi connectivity index (χ2v) is 2.74. The van der Waals surface area contributed by atoms with Crippen LogP contribution in [-0.4, -0.2) is 10.9 Å². The van der Waals surface area contributed by atoms with Gasteiger partial charge in [-0.25, -0.2) is 0 Å². The molecule has 0 amide bonds. The number of rotatable bonds is 0. The molecule has 1 N–H and O–H groups in total. The highest BCUT2D eigenvalue weighted by atomic mass is 16.4. The van der Waals surface area contributed by atoms with Crippen LogP contribution in [0.25, 0.3) is 0 Å². The van der Waals surface area contributed by atoms with Crippen molar-refractivity contribution >= 4 is 5.71 Å². The maximum absolute atomic E-state index is 8.45. The summed E-state index contributed by atoms with van der Waals surface area (Å²) in [5.74, 6) is 0.517. The normalized spacial score (nSPS) is 33.0. The monoisotopic (exact) mass is 127 g/mol. The third-order valence-electron chi connectivity index (χ3n) is 2.02. The molecule has 1 atom stereocenters. The molecule has 2 heteroatoms. The fourth-order valence-corrected chi connectivity index (χ4v) is 1.32. The lowest BCUT2D eigenvalue weighted by Crippen LogP contribution is -2.15. The summed E-state index contributed by atoms with van der Waals surface area (Å²) in [6.45, 7) is 2.12. The van der Waals surface area contributed by atoms with Crippen LogP contribution < -0.4 is 0 Å². The average molecular weight is 127 g/mol. The van der Waals surface area contributed by atoms with Gasteiger partial charge >= 0.3 is 0 Å². The minimum atomic E-state index is 0.517. The Labute approximate surface area is 55.6 Å². The largest absolute Gasteiger partial charge is 0.411 e. The topological polar surface area (TPSA) is 32.6 Å². The van der Waals surface area contributed by atoms with Gasteiger partial charge in [0.1, 0.15) is 0 Å². The van der Waals surface area contributed by atoms with E-state index in [-0.39, 0.29) is 0 Å². The minimum absolute atomic E-state index is 0.517. The van der Waals surface area contributed by atoms with Gasteiger partial charge in [0.15, 0.2) is 0 Å². The summed E-state index contributed by atoms with van der Waals surface area (Å²) >= 11 is 0. The van der Waals surface area contributed by atoms with E-state index in [2.05, 4.69) is 12.1 Å². The van der Waals surface area contributed by atoms with Crippen LogP contribution >= 0.6 is 0 Å². The molecule has 0 aliphatic heterocycles. The Hall–Kier alpha value is -0.530. The van der Waals surface area contributed by atoms with Crippen molar-refractivity contribution in [2.75, 3.05) is 0 Å². The summed E-state index contributed by atoms with van der Waals surface area (Å²) in [4.78, 5) is 0. The lowest BCUT2D eigenvalue weighted by Gasteiger charge is -2.17. The molecule has 9 heavy (non-hydrogen) atoms. The van der Waals surface area contributed by atoms with E-state index in [9.17, 15) is 0 Å². The Balaban J connectivity index is 2.49. The molecule has 1 saturated carbocycles. The second-order valence-electron chi connectivity index (χ2n) is 2.74. The van der Waals surface area contributed by atoms with E-state index in [1.165, 1.54) is 19.3 Å². The van der Waals surface area contributed by atoms with Crippen LogP contribution in [-0.2, 0) is 0 Å². The zero-order valence-electron chi connectivity index (χ0n) is 5.80. The van der Waals surface area contributed by atoms with E-state index in [4.69, 9.17) is 5.21 Å². The predicted molar refractivity (Wildman–Crippen MR) is 36.9 cm³/mol. The molecular weight excluding hydrogens is 114 g/mol. The summed E-state index contributed by atoms with van der Waals surface area (Å²) in [6.07, 6.45) is 4.68. The van der Waals surface area contributed by atoms with Crippen molar-refractivity contribution in [3.05, 3.63) is 0 Å². The van der Waals surface area contributed by atoms with E-state index in [1.54, 1.807) is 0 Å². The summed E-state index contributed by atoms with van der Waals surface area (Å²) < 4.78 is 0. The first kappa shape index (κ1) is 6.59. The summed E-state index contributed by atoms with van der Waals surface area (Å²) in [5.41, 5.74) is 0.987. The van der Waals surface area contributed by atoms with Gasteiger partial charge in [-0.15, -0.1) is 0 Å². The maximum Gasteiger partial charge on any atom is 0.0598 e. The van der Waals surface area contributed by atoms with Crippen molar-refractivity contribution in [1.82, 2.24) is 0 Å². The molecule has 1 fully saturated rings. The highest BCUT2D eigenvalue weighted by molar-refractivity contribution is 5.86. The highest BCUT2D eigenvalue weighted by Crippen LogP contribution is 2.20. The van der Waals surface area contributed by atoms with Crippen LogP contribution in [0.5, 0.6) is 0 Å². The number of oxime groups is 1. The molecular formula is C7H13NO. The molecule has 0 aromatic carbocycles. The first-order valence-corrected chi connectivity index (χ1v) is 3.55. The quantitative estimate of drug-likeness (QED) is 0.392. The summed E-state index contributed by atoms with van der Waals surface area (Å²) in [6, 6.07) is 0. The lowest BCUT2D eigenvalue weighted by molar-refractivity contribution is 0.310. The number of hydrogen-bond acceptors (Lipinski definition) is 2. The van der Waals surface area contributed by atoms with Gasteiger partial charge in [-0.2, -0.15) is 0 Å². The van der Waals surface area contributed by atoms with Crippen LogP contribution in [0.4, 0.5) is 0 Å². The second kappa shape index (κ2) is 2.85. The van der Waals surface area contributed by atoms with Crippen LogP contribution in [0.3, 0.4) is 0 Å². The van der Waals surface area contributed by atoms with Gasteiger partial charge in [-0.3, -0.25) is 0 Å². The molecule has 0 aromatic heterocycles. The Bertz CT molecular complexity index is 120. The molecule has 0 unspecified atom stereocenters. The Morgan fingerprint density at radius 3 is 2.78 bits per heavy atom. The first-order valence-electron chi connectivity index (χ1n) is 3.55. The van der Waals surface area contributed by atoms with E-state index in [1.807, 2.05) is 0 Å². The van der Waals surface area contributed by atoms with Gasteiger partial charge < -0.3 is 5.21 Å². The molecule has 52 valence electrons. The number of hydrogen-bond donors (Lipinski definition) is 1. The SMILES string of the molecule is C[C@@H]1CCCC/C1=N\O. The van der Waals surface area contributed by atoms with Crippen molar-refractivity contribution in [3.8, 4) is 0 Å². The van der Waals surface area contributed by atoms with E-state index < -0.39 is 0 Å². The van der Waals surface area contributed by atoms with Crippen molar-refractivity contribution in [2.45, 2.75) is 32.6 Å². The van der Waals surface area contributed by atoms with Gasteiger partial charge in [0, 0.05) is 0 Å². The van der Waals surface area contributed by atoms with Crippen LogP contribution in [0.2, 0.25) is 0 Å². The maximum atomic E-state index is 8.45. The summed E-state index contributed by atoms with van der Waals surface area (Å²) in [7, 11) is 0. The van der Waals surface area contributed by atoms with Gasteiger partial charge in [-0.1, -0.05) is 18.5 Å². The van der Waals surface area contributed by atoms with E-state index in [0.717, 1.165) is 12.1 Å². The first-order chi connectivity index (χ1) is 4.34. The molecule has 0 saturated heterocycles. The Morgan fingerprint density at radius 2 is 2.33 bits per heavy atom. The third kappa shape index (κ3) is 1.44. The molecule has 0 bridgehead atoms. The van der Waals surface area contributed by atoms with Gasteiger partial charge in [-0.05, 0) is 25.2 Å². The summed E-state index contributed by atoms with van der Waals surface area (Å²) in [5, 5.41) is 11.7. The van der Waals surface area contributed by atoms with Gasteiger partial charge in [0.2, 0.25) is 0 Å². The predicted octanol–water partition coefficient (Wildman–Crippen LogP) is 2.03. The zero-order valence-corrected chi connectivity index (χ0v) is 5.80. The molecule has 1 aliphatic carbocycles. The number of nitrogens with zero attached hydrogens (tertiary/aromatic N) is 1. The van der Waals surface area contributed by atoms with Crippen molar-refractivity contribution in [2.24, 2.45) is 11.1 Å². The highest BCUT2D eigenvalue weighted by Gasteiger charge is 2.15. The van der Waals surface area contributed by atoms with Crippen molar-refractivity contribution < 1.29 is 5.21 Å². The van der Waals surface area contributed by atoms with Crippen molar-refractivity contribution in [1.29, 1.82) is 0 Å². The molecule has 0 spiro atoms. The lowest BCUT2D eigenvalue weighted by atomic mass is 9.89.